The Balaban J connectivity index is 1.82. The minimum absolute atomic E-state index is 0.0122. The number of alkyl carbamates (subject to hydrolysis) is 1. The van der Waals surface area contributed by atoms with E-state index in [1.807, 2.05) is 0 Å². The fourth-order valence-corrected chi connectivity index (χ4v) is 3.58. The van der Waals surface area contributed by atoms with Gasteiger partial charge in [-0.25, -0.2) is 18.1 Å². The second-order valence-corrected chi connectivity index (χ2v) is 10.4. The van der Waals surface area contributed by atoms with E-state index in [0.717, 1.165) is 12.1 Å². The van der Waals surface area contributed by atoms with Gasteiger partial charge in [-0.1, -0.05) is 23.2 Å². The first-order chi connectivity index (χ1) is 19.8. The number of carbonyl (C=O) groups is 3. The molecular formula is C24H28Cl2F2N3O10P. The second kappa shape index (κ2) is 17.7. The number of rotatable bonds is 17. The smallest absolute Gasteiger partial charge is 0.469 e. The Labute approximate surface area is 249 Å². The highest BCUT2D eigenvalue weighted by Gasteiger charge is 2.18. The molecule has 0 aliphatic rings. The van der Waals surface area contributed by atoms with Gasteiger partial charge in [-0.05, 0) is 30.7 Å². The summed E-state index contributed by atoms with van der Waals surface area (Å²) in [5.74, 6) is -2.48. The highest BCUT2D eigenvalue weighted by molar-refractivity contribution is 7.46. The van der Waals surface area contributed by atoms with Crippen molar-refractivity contribution < 1.29 is 56.3 Å². The molecule has 0 spiro atoms. The molecular weight excluding hydrogens is 630 g/mol. The van der Waals surface area contributed by atoms with E-state index in [-0.39, 0.29) is 60.6 Å². The van der Waals surface area contributed by atoms with Gasteiger partial charge in [0.05, 0.1) is 23.2 Å². The second-order valence-electron chi connectivity index (χ2n) is 8.30. The van der Waals surface area contributed by atoms with E-state index >= 15 is 0 Å². The summed E-state index contributed by atoms with van der Waals surface area (Å²) in [6, 6.07) is 7.32. The molecule has 0 radical (unpaired) electrons. The standard InChI is InChI=1S/C24H28Cl2F2N3O10P/c25-18-4-2-15(10-20(18)27)38-13-22(32)29-8-6-17(41-24(34)30-7-1-9-40-42(35,36)37)12-31-23(33)14-39-16-3-5-19(26)21(28)11-16/h2-5,10-11,17H,1,6-9,12-14H2,(H,29,32)(H,30,34)(H,31,33)(H2,35,36,37)/t17-/m0/s1. The zero-order valence-electron chi connectivity index (χ0n) is 21.8. The molecule has 2 rings (SSSR count). The molecule has 2 aromatic carbocycles. The summed E-state index contributed by atoms with van der Waals surface area (Å²) in [4.78, 5) is 53.8. The maximum Gasteiger partial charge on any atom is 0.469 e. The largest absolute Gasteiger partial charge is 0.484 e. The molecule has 0 aliphatic carbocycles. The van der Waals surface area contributed by atoms with Crippen molar-refractivity contribution in [1.29, 1.82) is 0 Å². The van der Waals surface area contributed by atoms with Crippen LogP contribution in [0.15, 0.2) is 36.4 Å². The van der Waals surface area contributed by atoms with E-state index in [2.05, 4.69) is 20.5 Å². The molecule has 0 unspecified atom stereocenters. The van der Waals surface area contributed by atoms with Gasteiger partial charge in [-0.3, -0.25) is 14.1 Å². The lowest BCUT2D eigenvalue weighted by molar-refractivity contribution is -0.124. The van der Waals surface area contributed by atoms with Gasteiger partial charge in [-0.15, -0.1) is 0 Å². The molecule has 13 nitrogen and oxygen atoms in total. The molecule has 232 valence electrons. The molecule has 2 aromatic rings. The summed E-state index contributed by atoms with van der Waals surface area (Å²) in [7, 11) is -4.63. The van der Waals surface area contributed by atoms with Crippen LogP contribution >= 0.6 is 31.0 Å². The van der Waals surface area contributed by atoms with Gasteiger partial charge in [0.25, 0.3) is 11.8 Å². The van der Waals surface area contributed by atoms with Crippen LogP contribution in [0, 0.1) is 11.6 Å². The monoisotopic (exact) mass is 657 g/mol. The van der Waals surface area contributed by atoms with Crippen molar-refractivity contribution >= 4 is 48.9 Å². The number of phosphoric ester groups is 1. The predicted molar refractivity (Wildman–Crippen MR) is 145 cm³/mol. The molecule has 0 heterocycles. The third-order valence-electron chi connectivity index (χ3n) is 4.96. The lowest BCUT2D eigenvalue weighted by Gasteiger charge is -2.19. The maximum atomic E-state index is 13.5. The van der Waals surface area contributed by atoms with Gasteiger partial charge in [-0.2, -0.15) is 0 Å². The van der Waals surface area contributed by atoms with Crippen molar-refractivity contribution in [2.24, 2.45) is 0 Å². The SMILES string of the molecule is O=C(COc1ccc(Cl)c(F)c1)NCC[C@@H](CNC(=O)COc1ccc(Cl)c(F)c1)OC(=O)NCCCOP(=O)(O)O. The number of halogens is 4. The van der Waals surface area contributed by atoms with Crippen molar-refractivity contribution in [1.82, 2.24) is 16.0 Å². The minimum atomic E-state index is -4.63. The Bertz CT molecular complexity index is 1270. The number of hydrogen-bond acceptors (Lipinski definition) is 8. The van der Waals surface area contributed by atoms with Crippen molar-refractivity contribution in [2.75, 3.05) is 39.5 Å². The van der Waals surface area contributed by atoms with Gasteiger partial charge < -0.3 is 39.9 Å². The molecule has 1 atom stereocenters. The van der Waals surface area contributed by atoms with Crippen LogP contribution in [0.5, 0.6) is 11.5 Å². The van der Waals surface area contributed by atoms with Crippen LogP contribution in [-0.4, -0.2) is 73.3 Å². The first-order valence-corrected chi connectivity index (χ1v) is 14.4. The highest BCUT2D eigenvalue weighted by Crippen LogP contribution is 2.35. The Morgan fingerprint density at radius 1 is 0.857 bits per heavy atom. The quantitative estimate of drug-likeness (QED) is 0.125. The Kier molecular flexibility index (Phi) is 14.7. The highest BCUT2D eigenvalue weighted by atomic mass is 35.5. The van der Waals surface area contributed by atoms with Gasteiger partial charge in [0.15, 0.2) is 13.2 Å². The average molecular weight is 658 g/mol. The van der Waals surface area contributed by atoms with E-state index < -0.39 is 56.7 Å². The summed E-state index contributed by atoms with van der Waals surface area (Å²) < 4.78 is 57.7. The summed E-state index contributed by atoms with van der Waals surface area (Å²) in [6.45, 7) is -1.49. The molecule has 0 bridgehead atoms. The number of hydrogen-bond donors (Lipinski definition) is 5. The van der Waals surface area contributed by atoms with Crippen LogP contribution in [0.4, 0.5) is 13.6 Å². The van der Waals surface area contributed by atoms with E-state index in [1.165, 1.54) is 24.3 Å². The van der Waals surface area contributed by atoms with Gasteiger partial charge in [0, 0.05) is 31.6 Å². The third kappa shape index (κ3) is 14.6. The maximum absolute atomic E-state index is 13.5. The fraction of sp³-hybridized carbons (Fsp3) is 0.375. The number of benzene rings is 2. The van der Waals surface area contributed by atoms with Crippen LogP contribution in [0.3, 0.4) is 0 Å². The zero-order valence-corrected chi connectivity index (χ0v) is 24.2. The topological polar surface area (TPSA) is 182 Å². The molecule has 0 aromatic heterocycles. The summed E-state index contributed by atoms with van der Waals surface area (Å²) in [6.07, 6.45) is -1.74. The van der Waals surface area contributed by atoms with Crippen molar-refractivity contribution in [3.05, 3.63) is 58.1 Å². The van der Waals surface area contributed by atoms with Crippen molar-refractivity contribution in [3.63, 3.8) is 0 Å². The average Bonchev–Trinajstić information content (AvgIpc) is 2.92. The Morgan fingerprint density at radius 2 is 1.40 bits per heavy atom. The van der Waals surface area contributed by atoms with Crippen molar-refractivity contribution in [3.8, 4) is 11.5 Å². The molecule has 42 heavy (non-hydrogen) atoms. The van der Waals surface area contributed by atoms with Crippen LogP contribution in [-0.2, 0) is 23.4 Å². The molecule has 18 heteroatoms. The minimum Gasteiger partial charge on any atom is -0.484 e. The Hall–Kier alpha value is -3.20. The third-order valence-corrected chi connectivity index (χ3v) is 6.09. The predicted octanol–water partition coefficient (Wildman–Crippen LogP) is 2.95. The number of ether oxygens (including phenoxy) is 3. The molecule has 0 saturated carbocycles. The lowest BCUT2D eigenvalue weighted by atomic mass is 10.2. The molecule has 0 aliphatic heterocycles. The summed E-state index contributed by atoms with van der Waals surface area (Å²) >= 11 is 11.2. The van der Waals surface area contributed by atoms with E-state index in [1.54, 1.807) is 0 Å². The fourth-order valence-electron chi connectivity index (χ4n) is 2.98. The van der Waals surface area contributed by atoms with Gasteiger partial charge in [0.2, 0.25) is 0 Å². The summed E-state index contributed by atoms with van der Waals surface area (Å²) in [5, 5.41) is 7.17. The Morgan fingerprint density at radius 3 is 1.93 bits per heavy atom. The molecule has 0 saturated heterocycles. The van der Waals surface area contributed by atoms with Gasteiger partial charge >= 0.3 is 13.9 Å². The first-order valence-electron chi connectivity index (χ1n) is 12.2. The van der Waals surface area contributed by atoms with Gasteiger partial charge in [0.1, 0.15) is 29.2 Å². The van der Waals surface area contributed by atoms with Crippen molar-refractivity contribution in [2.45, 2.75) is 18.9 Å². The van der Waals surface area contributed by atoms with E-state index in [0.29, 0.717) is 0 Å². The zero-order chi connectivity index (χ0) is 31.1. The number of phosphoric acid groups is 1. The molecule has 0 fully saturated rings. The van der Waals surface area contributed by atoms with Crippen LogP contribution in [0.2, 0.25) is 10.0 Å². The molecule has 3 amide bonds. The summed E-state index contributed by atoms with van der Waals surface area (Å²) in [5.41, 5.74) is 0. The number of amides is 3. The lowest BCUT2D eigenvalue weighted by Crippen LogP contribution is -2.41. The van der Waals surface area contributed by atoms with Crippen LogP contribution in [0.25, 0.3) is 0 Å². The number of carbonyl (C=O) groups excluding carboxylic acids is 3. The van der Waals surface area contributed by atoms with E-state index in [4.69, 9.17) is 47.2 Å². The van der Waals surface area contributed by atoms with E-state index in [9.17, 15) is 27.7 Å². The normalized spacial score (nSPS) is 11.8. The van der Waals surface area contributed by atoms with Crippen LogP contribution < -0.4 is 25.4 Å². The first kappa shape index (κ1) is 35.0. The number of nitrogens with one attached hydrogen (secondary N) is 3. The van der Waals surface area contributed by atoms with Crippen LogP contribution in [0.1, 0.15) is 12.8 Å². The molecule has 5 N–H and O–H groups in total.